The minimum atomic E-state index is -3.58. The van der Waals surface area contributed by atoms with Crippen molar-refractivity contribution in [1.82, 2.24) is 10.2 Å². The second-order valence-corrected chi connectivity index (χ2v) is 4.02. The lowest BCUT2D eigenvalue weighted by Gasteiger charge is -2.20. The van der Waals surface area contributed by atoms with Crippen LogP contribution in [-0.2, 0) is 11.8 Å². The smallest absolute Gasteiger partial charge is 0.202 e. The quantitative estimate of drug-likeness (QED) is 0.763. The van der Waals surface area contributed by atoms with Crippen LogP contribution in [0, 0.1) is 0 Å². The Balaban J connectivity index is 3.64. The van der Waals surface area contributed by atoms with Crippen molar-refractivity contribution in [1.29, 1.82) is 0 Å². The molecule has 90 valence electrons. The zero-order chi connectivity index (χ0) is 12.7. The molecule has 0 atom stereocenters. The first-order valence-electron chi connectivity index (χ1n) is 4.03. The minimum absolute atomic E-state index is 0.432. The molecule has 0 aliphatic rings. The molecule has 0 fully saturated rings. The van der Waals surface area contributed by atoms with Crippen LogP contribution in [0.3, 0.4) is 0 Å². The van der Waals surface area contributed by atoms with Crippen LogP contribution in [0.2, 0.25) is 10.3 Å². The zero-order valence-corrected chi connectivity index (χ0v) is 9.67. The van der Waals surface area contributed by atoms with Crippen molar-refractivity contribution < 1.29 is 17.6 Å². The third-order valence-electron chi connectivity index (χ3n) is 1.77. The van der Waals surface area contributed by atoms with Crippen molar-refractivity contribution in [3.63, 3.8) is 0 Å². The van der Waals surface area contributed by atoms with Gasteiger partial charge in [0, 0.05) is 13.8 Å². The van der Waals surface area contributed by atoms with Crippen LogP contribution >= 0.6 is 23.2 Å². The Labute approximate surface area is 98.6 Å². The highest BCUT2D eigenvalue weighted by molar-refractivity contribution is 6.32. The molecule has 0 spiro atoms. The fourth-order valence-electron chi connectivity index (χ4n) is 1.20. The number of hydrogen-bond donors (Lipinski definition) is 0. The number of aromatic nitrogens is 2. The third kappa shape index (κ3) is 2.55. The van der Waals surface area contributed by atoms with E-state index < -0.39 is 33.3 Å². The monoisotopic (exact) mass is 276 g/mol. The fraction of sp³-hybridized carbons (Fsp3) is 0.500. The van der Waals surface area contributed by atoms with Gasteiger partial charge in [-0.2, -0.15) is 0 Å². The van der Waals surface area contributed by atoms with Crippen molar-refractivity contribution in [3.8, 4) is 0 Å². The van der Waals surface area contributed by atoms with Gasteiger partial charge in [0.1, 0.15) is 0 Å². The molecule has 0 aromatic carbocycles. The first-order valence-corrected chi connectivity index (χ1v) is 4.79. The van der Waals surface area contributed by atoms with Gasteiger partial charge in [-0.05, 0) is 0 Å². The molecule has 0 aliphatic heterocycles. The van der Waals surface area contributed by atoms with Crippen molar-refractivity contribution >= 4 is 23.2 Å². The molecule has 0 amide bonds. The van der Waals surface area contributed by atoms with Crippen molar-refractivity contribution in [2.45, 2.75) is 25.7 Å². The molecular formula is C8H6Cl2F4N2. The Morgan fingerprint density at radius 2 is 1.06 bits per heavy atom. The largest absolute Gasteiger partial charge is 0.274 e. The van der Waals surface area contributed by atoms with Crippen molar-refractivity contribution in [3.05, 3.63) is 21.4 Å². The van der Waals surface area contributed by atoms with E-state index >= 15 is 0 Å². The molecular weight excluding hydrogens is 271 g/mol. The summed E-state index contributed by atoms with van der Waals surface area (Å²) in [6.07, 6.45) is 0. The number of nitrogens with zero attached hydrogens (tertiary/aromatic N) is 2. The van der Waals surface area contributed by atoms with Crippen LogP contribution in [0.1, 0.15) is 25.0 Å². The van der Waals surface area contributed by atoms with Crippen LogP contribution in [0.5, 0.6) is 0 Å². The first kappa shape index (κ1) is 13.4. The standard InChI is InChI=1S/C8H6Cl2F4N2/c1-7(11,12)3-4(8(2,13)14)6(10)16-15-5(3)9/h1-2H3. The van der Waals surface area contributed by atoms with E-state index in [0.29, 0.717) is 13.8 Å². The Kier molecular flexibility index (Phi) is 3.36. The molecule has 1 aromatic rings. The van der Waals surface area contributed by atoms with E-state index in [2.05, 4.69) is 10.2 Å². The molecule has 0 N–H and O–H groups in total. The Morgan fingerprint density at radius 1 is 0.812 bits per heavy atom. The number of hydrogen-bond acceptors (Lipinski definition) is 2. The van der Waals surface area contributed by atoms with E-state index in [0.717, 1.165) is 0 Å². The summed E-state index contributed by atoms with van der Waals surface area (Å²) in [6.45, 7) is 0.864. The summed E-state index contributed by atoms with van der Waals surface area (Å²) in [4.78, 5) is 0. The summed E-state index contributed by atoms with van der Waals surface area (Å²) in [6, 6.07) is 0. The molecule has 0 saturated carbocycles. The first-order chi connectivity index (χ1) is 7.05. The molecule has 2 nitrogen and oxygen atoms in total. The SMILES string of the molecule is CC(F)(F)c1c(Cl)nnc(Cl)c1C(C)(F)F. The van der Waals surface area contributed by atoms with E-state index in [1.54, 1.807) is 0 Å². The van der Waals surface area contributed by atoms with Crippen LogP contribution in [-0.4, -0.2) is 10.2 Å². The van der Waals surface area contributed by atoms with E-state index in [9.17, 15) is 17.6 Å². The van der Waals surface area contributed by atoms with E-state index in [-0.39, 0.29) is 0 Å². The number of halogens is 6. The molecule has 8 heteroatoms. The maximum atomic E-state index is 13.1. The minimum Gasteiger partial charge on any atom is -0.202 e. The predicted molar refractivity (Wildman–Crippen MR) is 51.2 cm³/mol. The van der Waals surface area contributed by atoms with Gasteiger partial charge >= 0.3 is 0 Å². The lowest BCUT2D eigenvalue weighted by Crippen LogP contribution is -2.21. The summed E-state index contributed by atoms with van der Waals surface area (Å²) in [5.41, 5.74) is -2.19. The molecule has 1 heterocycles. The molecule has 0 bridgehead atoms. The summed E-state index contributed by atoms with van der Waals surface area (Å²) >= 11 is 10.7. The molecule has 1 rings (SSSR count). The summed E-state index contributed by atoms with van der Waals surface area (Å²) in [5.74, 6) is -7.16. The molecule has 16 heavy (non-hydrogen) atoms. The fourth-order valence-corrected chi connectivity index (χ4v) is 1.79. The van der Waals surface area contributed by atoms with E-state index in [1.807, 2.05) is 0 Å². The lowest BCUT2D eigenvalue weighted by molar-refractivity contribution is -0.0108. The third-order valence-corrected chi connectivity index (χ3v) is 2.30. The van der Waals surface area contributed by atoms with Gasteiger partial charge in [0.15, 0.2) is 10.3 Å². The number of alkyl halides is 4. The normalized spacial score (nSPS) is 13.0. The topological polar surface area (TPSA) is 25.8 Å². The maximum Gasteiger partial charge on any atom is 0.274 e. The second-order valence-electron chi connectivity index (χ2n) is 3.31. The van der Waals surface area contributed by atoms with Crippen LogP contribution < -0.4 is 0 Å². The van der Waals surface area contributed by atoms with Gasteiger partial charge in [0.2, 0.25) is 0 Å². The second kappa shape index (κ2) is 4.00. The molecule has 0 aliphatic carbocycles. The van der Waals surface area contributed by atoms with Gasteiger partial charge in [-0.1, -0.05) is 23.2 Å². The molecule has 0 radical (unpaired) electrons. The molecule has 0 saturated heterocycles. The van der Waals surface area contributed by atoms with Gasteiger partial charge in [-0.25, -0.2) is 17.6 Å². The highest BCUT2D eigenvalue weighted by Gasteiger charge is 2.41. The van der Waals surface area contributed by atoms with Crippen LogP contribution in [0.25, 0.3) is 0 Å². The summed E-state index contributed by atoms with van der Waals surface area (Å²) < 4.78 is 52.6. The van der Waals surface area contributed by atoms with Crippen LogP contribution in [0.15, 0.2) is 0 Å². The summed E-state index contributed by atoms with van der Waals surface area (Å²) in [7, 11) is 0. The van der Waals surface area contributed by atoms with Crippen molar-refractivity contribution in [2.24, 2.45) is 0 Å². The van der Waals surface area contributed by atoms with Gasteiger partial charge in [0.05, 0.1) is 11.1 Å². The summed E-state index contributed by atoms with van der Waals surface area (Å²) in [5, 5.41) is 4.61. The average Bonchev–Trinajstić information content (AvgIpc) is 2.04. The number of rotatable bonds is 2. The average molecular weight is 277 g/mol. The van der Waals surface area contributed by atoms with Gasteiger partial charge in [-0.3, -0.25) is 0 Å². The Bertz CT molecular complexity index is 373. The maximum absolute atomic E-state index is 13.1. The molecule has 1 aromatic heterocycles. The highest BCUT2D eigenvalue weighted by atomic mass is 35.5. The van der Waals surface area contributed by atoms with Gasteiger partial charge in [-0.15, -0.1) is 10.2 Å². The van der Waals surface area contributed by atoms with E-state index in [4.69, 9.17) is 23.2 Å². The van der Waals surface area contributed by atoms with Gasteiger partial charge < -0.3 is 0 Å². The highest BCUT2D eigenvalue weighted by Crippen LogP contribution is 2.43. The molecule has 0 unspecified atom stereocenters. The van der Waals surface area contributed by atoms with Crippen molar-refractivity contribution in [2.75, 3.05) is 0 Å². The van der Waals surface area contributed by atoms with Crippen LogP contribution in [0.4, 0.5) is 17.6 Å². The van der Waals surface area contributed by atoms with E-state index in [1.165, 1.54) is 0 Å². The van der Waals surface area contributed by atoms with Gasteiger partial charge in [0.25, 0.3) is 11.8 Å². The zero-order valence-electron chi connectivity index (χ0n) is 8.16. The Hall–Kier alpha value is -0.620. The Morgan fingerprint density at radius 3 is 1.25 bits per heavy atom. The lowest BCUT2D eigenvalue weighted by atomic mass is 10.0. The predicted octanol–water partition coefficient (Wildman–Crippen LogP) is 4.01.